The van der Waals surface area contributed by atoms with E-state index in [0.29, 0.717) is 11.2 Å². The zero-order valence-electron chi connectivity index (χ0n) is 15.4. The van der Waals surface area contributed by atoms with Gasteiger partial charge in [0, 0.05) is 23.9 Å². The maximum atomic E-state index is 13.2. The summed E-state index contributed by atoms with van der Waals surface area (Å²) in [5.74, 6) is 0.798. The fourth-order valence-electron chi connectivity index (χ4n) is 3.11. The Morgan fingerprint density at radius 3 is 2.93 bits per heavy atom. The molecular formula is C21H21N3OS2. The highest BCUT2D eigenvalue weighted by Crippen LogP contribution is 2.31. The molecule has 4 aromatic rings. The lowest BCUT2D eigenvalue weighted by Crippen LogP contribution is -2.22. The Bertz CT molecular complexity index is 1160. The van der Waals surface area contributed by atoms with E-state index in [-0.39, 0.29) is 5.56 Å². The summed E-state index contributed by atoms with van der Waals surface area (Å²) in [5, 5.41) is 1.76. The molecule has 138 valence electrons. The maximum absolute atomic E-state index is 13.2. The highest BCUT2D eigenvalue weighted by Gasteiger charge is 2.16. The Morgan fingerprint density at radius 2 is 2.11 bits per heavy atom. The van der Waals surface area contributed by atoms with Crippen LogP contribution in [0, 0.1) is 6.92 Å². The van der Waals surface area contributed by atoms with E-state index in [1.165, 1.54) is 22.5 Å². The van der Waals surface area contributed by atoms with Crippen LogP contribution < -0.4 is 5.56 Å². The van der Waals surface area contributed by atoms with Crippen molar-refractivity contribution in [2.24, 2.45) is 0 Å². The molecule has 0 amide bonds. The maximum Gasteiger partial charge on any atom is 0.272 e. The number of hydrogen-bond donors (Lipinski definition) is 0. The number of aromatic nitrogens is 3. The predicted molar refractivity (Wildman–Crippen MR) is 115 cm³/mol. The van der Waals surface area contributed by atoms with Crippen LogP contribution in [0.1, 0.15) is 30.9 Å². The summed E-state index contributed by atoms with van der Waals surface area (Å²) in [7, 11) is 0. The third-order valence-corrected chi connectivity index (χ3v) is 6.64. The molecule has 0 radical (unpaired) electrons. The van der Waals surface area contributed by atoms with E-state index in [1.54, 1.807) is 18.0 Å². The Morgan fingerprint density at radius 1 is 1.22 bits per heavy atom. The van der Waals surface area contributed by atoms with Gasteiger partial charge < -0.3 is 0 Å². The first kappa shape index (κ1) is 18.2. The van der Waals surface area contributed by atoms with E-state index in [9.17, 15) is 4.79 Å². The number of rotatable bonds is 6. The van der Waals surface area contributed by atoms with Crippen molar-refractivity contribution in [2.75, 3.05) is 0 Å². The van der Waals surface area contributed by atoms with Gasteiger partial charge in [-0.15, -0.1) is 11.3 Å². The molecule has 0 fully saturated rings. The highest BCUT2D eigenvalue weighted by molar-refractivity contribution is 7.98. The number of unbranched alkanes of at least 4 members (excludes halogenated alkanes) is 1. The lowest BCUT2D eigenvalue weighted by Gasteiger charge is -2.11. The Hall–Kier alpha value is -2.18. The van der Waals surface area contributed by atoms with Gasteiger partial charge in [0.25, 0.3) is 5.56 Å². The molecular weight excluding hydrogens is 374 g/mol. The second-order valence-corrected chi connectivity index (χ2v) is 8.56. The van der Waals surface area contributed by atoms with Crippen molar-refractivity contribution < 1.29 is 0 Å². The predicted octanol–water partition coefficient (Wildman–Crippen LogP) is 5.41. The normalized spacial score (nSPS) is 11.5. The van der Waals surface area contributed by atoms with E-state index in [0.717, 1.165) is 39.5 Å². The van der Waals surface area contributed by atoms with Gasteiger partial charge in [0.2, 0.25) is 0 Å². The zero-order valence-corrected chi connectivity index (χ0v) is 17.1. The molecule has 0 aliphatic heterocycles. The van der Waals surface area contributed by atoms with Gasteiger partial charge in [0.15, 0.2) is 5.16 Å². The van der Waals surface area contributed by atoms with Crippen LogP contribution in [0.25, 0.3) is 20.4 Å². The van der Waals surface area contributed by atoms with E-state index < -0.39 is 0 Å². The molecule has 0 aliphatic rings. The molecule has 0 spiro atoms. The number of thiophene rings is 1. The summed E-state index contributed by atoms with van der Waals surface area (Å²) in [4.78, 5) is 23.4. The van der Waals surface area contributed by atoms with Crippen LogP contribution in [0.15, 0.2) is 52.5 Å². The van der Waals surface area contributed by atoms with Gasteiger partial charge in [-0.1, -0.05) is 54.9 Å². The molecule has 0 atom stereocenters. The van der Waals surface area contributed by atoms with Crippen molar-refractivity contribution in [3.63, 3.8) is 0 Å². The molecule has 0 bridgehead atoms. The topological polar surface area (TPSA) is 47.8 Å². The third kappa shape index (κ3) is 3.64. The van der Waals surface area contributed by atoms with E-state index in [1.807, 2.05) is 16.7 Å². The lowest BCUT2D eigenvalue weighted by molar-refractivity contribution is 0.558. The van der Waals surface area contributed by atoms with E-state index >= 15 is 0 Å². The second kappa shape index (κ2) is 7.82. The van der Waals surface area contributed by atoms with Crippen molar-refractivity contribution >= 4 is 43.5 Å². The van der Waals surface area contributed by atoms with Crippen LogP contribution in [0.5, 0.6) is 0 Å². The lowest BCUT2D eigenvalue weighted by atomic mass is 10.2. The van der Waals surface area contributed by atoms with Gasteiger partial charge in [0.05, 0.1) is 5.52 Å². The van der Waals surface area contributed by atoms with Crippen molar-refractivity contribution in [1.29, 1.82) is 0 Å². The van der Waals surface area contributed by atoms with E-state index in [2.05, 4.69) is 43.1 Å². The first-order valence-corrected chi connectivity index (χ1v) is 10.9. The first-order chi connectivity index (χ1) is 13.2. The minimum absolute atomic E-state index is 0.0585. The van der Waals surface area contributed by atoms with Crippen molar-refractivity contribution in [2.45, 2.75) is 44.1 Å². The first-order valence-electron chi connectivity index (χ1n) is 9.14. The summed E-state index contributed by atoms with van der Waals surface area (Å²) < 4.78 is 2.56. The number of pyridine rings is 1. The average Bonchev–Trinajstić information content (AvgIpc) is 3.05. The quantitative estimate of drug-likeness (QED) is 0.324. The standard InChI is InChI=1S/C21H21N3OS2/c1-3-4-11-24-20(25)18-17(16-9-6-10-22-19(16)27-18)23-21(24)26-13-15-8-5-7-14(2)12-15/h5-10,12H,3-4,11,13H2,1-2H3. The van der Waals surface area contributed by atoms with Gasteiger partial charge in [-0.2, -0.15) is 0 Å². The summed E-state index contributed by atoms with van der Waals surface area (Å²) in [5.41, 5.74) is 3.33. The number of fused-ring (bicyclic) bond motifs is 3. The zero-order chi connectivity index (χ0) is 18.8. The minimum atomic E-state index is 0.0585. The highest BCUT2D eigenvalue weighted by atomic mass is 32.2. The molecule has 0 saturated carbocycles. The Labute approximate surface area is 166 Å². The van der Waals surface area contributed by atoms with Gasteiger partial charge in [-0.25, -0.2) is 9.97 Å². The van der Waals surface area contributed by atoms with Gasteiger partial charge in [-0.3, -0.25) is 9.36 Å². The van der Waals surface area contributed by atoms with E-state index in [4.69, 9.17) is 4.98 Å². The van der Waals surface area contributed by atoms with Crippen molar-refractivity contribution in [1.82, 2.24) is 14.5 Å². The molecule has 4 rings (SSSR count). The summed E-state index contributed by atoms with van der Waals surface area (Å²) >= 11 is 3.08. The Kier molecular flexibility index (Phi) is 5.27. The SMILES string of the molecule is CCCCn1c(SCc2cccc(C)c2)nc2c(sc3ncccc32)c1=O. The molecule has 3 heterocycles. The van der Waals surface area contributed by atoms with Crippen LogP contribution in [0.2, 0.25) is 0 Å². The van der Waals surface area contributed by atoms with Crippen LogP contribution in [0.3, 0.4) is 0 Å². The molecule has 4 nitrogen and oxygen atoms in total. The third-order valence-electron chi connectivity index (χ3n) is 4.50. The summed E-state index contributed by atoms with van der Waals surface area (Å²) in [6.07, 6.45) is 3.77. The van der Waals surface area contributed by atoms with Crippen LogP contribution >= 0.6 is 23.1 Å². The van der Waals surface area contributed by atoms with Gasteiger partial charge in [0.1, 0.15) is 9.53 Å². The molecule has 0 N–H and O–H groups in total. The van der Waals surface area contributed by atoms with Crippen LogP contribution in [-0.4, -0.2) is 14.5 Å². The van der Waals surface area contributed by atoms with Crippen molar-refractivity contribution in [3.8, 4) is 0 Å². The largest absolute Gasteiger partial charge is 0.286 e. The molecule has 27 heavy (non-hydrogen) atoms. The fraction of sp³-hybridized carbons (Fsp3) is 0.286. The number of hydrogen-bond acceptors (Lipinski definition) is 5. The van der Waals surface area contributed by atoms with Gasteiger partial charge in [-0.05, 0) is 31.0 Å². The average molecular weight is 396 g/mol. The molecule has 0 unspecified atom stereocenters. The number of nitrogens with zero attached hydrogens (tertiary/aromatic N) is 3. The summed E-state index contributed by atoms with van der Waals surface area (Å²) in [6.45, 7) is 4.94. The van der Waals surface area contributed by atoms with Crippen LogP contribution in [-0.2, 0) is 12.3 Å². The number of benzene rings is 1. The number of aryl methyl sites for hydroxylation is 1. The van der Waals surface area contributed by atoms with Gasteiger partial charge >= 0.3 is 0 Å². The Balaban J connectivity index is 1.80. The van der Waals surface area contributed by atoms with Crippen molar-refractivity contribution in [3.05, 3.63) is 64.1 Å². The molecule has 1 aromatic carbocycles. The second-order valence-electron chi connectivity index (χ2n) is 6.62. The monoisotopic (exact) mass is 395 g/mol. The molecule has 3 aromatic heterocycles. The smallest absolute Gasteiger partial charge is 0.272 e. The fourth-order valence-corrected chi connectivity index (χ4v) is 5.11. The summed E-state index contributed by atoms with van der Waals surface area (Å²) in [6, 6.07) is 12.4. The number of thioether (sulfide) groups is 1. The molecule has 0 aliphatic carbocycles. The molecule has 6 heteroatoms. The minimum Gasteiger partial charge on any atom is -0.286 e. The molecule has 0 saturated heterocycles. The van der Waals surface area contributed by atoms with Crippen LogP contribution in [0.4, 0.5) is 0 Å².